The van der Waals surface area contributed by atoms with Gasteiger partial charge in [-0.05, 0) is 19.1 Å². The Balaban J connectivity index is 0.000000370. The smallest absolute Gasteiger partial charge is 0.261 e. The Hall–Kier alpha value is -1.06. The van der Waals surface area contributed by atoms with Crippen LogP contribution in [0.5, 0.6) is 0 Å². The lowest BCUT2D eigenvalue weighted by atomic mass is 10.1. The second kappa shape index (κ2) is 10.7. The molecule has 0 spiro atoms. The largest absolute Gasteiger partial charge is 0.417 e. The van der Waals surface area contributed by atoms with Crippen LogP contribution in [-0.4, -0.2) is 4.98 Å². The van der Waals surface area contributed by atoms with Gasteiger partial charge < -0.3 is 0 Å². The van der Waals surface area contributed by atoms with Crippen molar-refractivity contribution in [2.24, 2.45) is 0 Å². The zero-order valence-corrected chi connectivity index (χ0v) is 12.8. The molecule has 0 atom stereocenters. The predicted molar refractivity (Wildman–Crippen MR) is 77.6 cm³/mol. The van der Waals surface area contributed by atoms with Crippen LogP contribution < -0.4 is 0 Å². The van der Waals surface area contributed by atoms with E-state index in [1.807, 2.05) is 0 Å². The number of hydrogen-bond acceptors (Lipinski definition) is 1. The molecule has 0 unspecified atom stereocenters. The van der Waals surface area contributed by atoms with E-state index < -0.39 is 11.7 Å². The van der Waals surface area contributed by atoms with Crippen LogP contribution in [0, 0.1) is 6.92 Å². The second-order valence-corrected chi connectivity index (χ2v) is 4.95. The molecule has 0 aliphatic carbocycles. The van der Waals surface area contributed by atoms with Crippen LogP contribution in [0.4, 0.5) is 13.2 Å². The van der Waals surface area contributed by atoms with Crippen LogP contribution in [0.3, 0.4) is 0 Å². The summed E-state index contributed by atoms with van der Waals surface area (Å²) >= 11 is 0. The van der Waals surface area contributed by atoms with E-state index in [0.29, 0.717) is 5.69 Å². The molecular weight excluding hydrogens is 263 g/mol. The van der Waals surface area contributed by atoms with Crippen molar-refractivity contribution < 1.29 is 13.2 Å². The number of nitrogens with zero attached hydrogens (tertiary/aromatic N) is 1. The fraction of sp³-hybridized carbons (Fsp3) is 0.688. The molecule has 0 aromatic carbocycles. The summed E-state index contributed by atoms with van der Waals surface area (Å²) in [7, 11) is 0. The molecule has 0 aliphatic heterocycles. The van der Waals surface area contributed by atoms with Crippen molar-refractivity contribution in [3.63, 3.8) is 0 Å². The number of aryl methyl sites for hydroxylation is 1. The summed E-state index contributed by atoms with van der Waals surface area (Å²) in [6, 6.07) is 2.35. The van der Waals surface area contributed by atoms with Gasteiger partial charge in [0.2, 0.25) is 0 Å². The molecule has 0 fully saturated rings. The molecule has 0 saturated carbocycles. The first-order chi connectivity index (χ1) is 9.41. The van der Waals surface area contributed by atoms with Gasteiger partial charge in [0.05, 0.1) is 5.56 Å². The maximum Gasteiger partial charge on any atom is 0.417 e. The lowest BCUT2D eigenvalue weighted by Gasteiger charge is -2.04. The van der Waals surface area contributed by atoms with Crippen LogP contribution >= 0.6 is 0 Å². The van der Waals surface area contributed by atoms with E-state index in [1.165, 1.54) is 51.0 Å². The van der Waals surface area contributed by atoms with Crippen LogP contribution in [0.15, 0.2) is 18.3 Å². The second-order valence-electron chi connectivity index (χ2n) is 4.95. The zero-order valence-electron chi connectivity index (χ0n) is 12.8. The summed E-state index contributed by atoms with van der Waals surface area (Å²) in [5, 5.41) is 0. The third kappa shape index (κ3) is 9.82. The quantitative estimate of drug-likeness (QED) is 0.571. The highest BCUT2D eigenvalue weighted by Gasteiger charge is 2.30. The van der Waals surface area contributed by atoms with Crippen molar-refractivity contribution in [3.05, 3.63) is 29.6 Å². The van der Waals surface area contributed by atoms with Crippen molar-refractivity contribution in [1.82, 2.24) is 4.98 Å². The molecule has 0 N–H and O–H groups in total. The third-order valence-corrected chi connectivity index (χ3v) is 2.95. The molecule has 116 valence electrons. The highest BCUT2D eigenvalue weighted by atomic mass is 19.4. The molecular formula is C16H26F3N. The van der Waals surface area contributed by atoms with E-state index in [1.54, 1.807) is 6.92 Å². The van der Waals surface area contributed by atoms with Crippen LogP contribution in [0.2, 0.25) is 0 Å². The van der Waals surface area contributed by atoms with Crippen LogP contribution in [-0.2, 0) is 6.18 Å². The number of halogens is 3. The minimum Gasteiger partial charge on any atom is -0.261 e. The van der Waals surface area contributed by atoms with Crippen LogP contribution in [0.1, 0.15) is 70.1 Å². The standard InChI is InChI=1S/C9H20.C7H6F3N/c1-3-5-7-9-8-6-4-2;1-5-2-3-6(4-11-5)7(8,9)10/h3-9H2,1-2H3;2-4H,1H3. The van der Waals surface area contributed by atoms with Gasteiger partial charge >= 0.3 is 6.18 Å². The van der Waals surface area contributed by atoms with Gasteiger partial charge in [-0.3, -0.25) is 4.98 Å². The topological polar surface area (TPSA) is 12.9 Å². The first-order valence-corrected chi connectivity index (χ1v) is 7.41. The summed E-state index contributed by atoms with van der Waals surface area (Å²) in [6.07, 6.45) is 6.52. The Morgan fingerprint density at radius 2 is 1.40 bits per heavy atom. The molecule has 0 saturated heterocycles. The predicted octanol–water partition coefficient (Wildman–Crippen LogP) is 6.17. The SMILES string of the molecule is CCCCCCCCC.Cc1ccc(C(F)(F)F)cn1. The summed E-state index contributed by atoms with van der Waals surface area (Å²) in [5.74, 6) is 0. The monoisotopic (exact) mass is 289 g/mol. The maximum absolute atomic E-state index is 11.9. The number of pyridine rings is 1. The van der Waals surface area contributed by atoms with E-state index in [2.05, 4.69) is 18.8 Å². The molecule has 4 heteroatoms. The molecule has 1 aromatic heterocycles. The molecule has 0 radical (unpaired) electrons. The van der Waals surface area contributed by atoms with Gasteiger partial charge in [-0.25, -0.2) is 0 Å². The van der Waals surface area contributed by atoms with E-state index in [0.717, 1.165) is 12.3 Å². The Morgan fingerprint density at radius 3 is 1.75 bits per heavy atom. The first-order valence-electron chi connectivity index (χ1n) is 7.41. The Kier molecular flexibility index (Phi) is 10.1. The molecule has 0 bridgehead atoms. The number of rotatable bonds is 6. The number of aromatic nitrogens is 1. The average Bonchev–Trinajstić information content (AvgIpc) is 2.39. The lowest BCUT2D eigenvalue weighted by Crippen LogP contribution is -2.05. The van der Waals surface area contributed by atoms with E-state index in [-0.39, 0.29) is 0 Å². The molecule has 0 aliphatic rings. The highest BCUT2D eigenvalue weighted by Crippen LogP contribution is 2.28. The number of hydrogen-bond donors (Lipinski definition) is 0. The van der Waals surface area contributed by atoms with Crippen LogP contribution in [0.25, 0.3) is 0 Å². The van der Waals surface area contributed by atoms with Gasteiger partial charge in [-0.15, -0.1) is 0 Å². The molecule has 1 aromatic rings. The highest BCUT2D eigenvalue weighted by molar-refractivity contribution is 5.15. The zero-order chi connectivity index (χ0) is 15.4. The minimum atomic E-state index is -4.28. The Bertz CT molecular complexity index is 325. The Labute approximate surface area is 120 Å². The molecule has 20 heavy (non-hydrogen) atoms. The van der Waals surface area contributed by atoms with E-state index >= 15 is 0 Å². The fourth-order valence-electron chi connectivity index (χ4n) is 1.67. The lowest BCUT2D eigenvalue weighted by molar-refractivity contribution is -0.137. The molecule has 1 rings (SSSR count). The number of alkyl halides is 3. The van der Waals surface area contributed by atoms with Gasteiger partial charge in [-0.2, -0.15) is 13.2 Å². The van der Waals surface area contributed by atoms with E-state index in [4.69, 9.17) is 0 Å². The van der Waals surface area contributed by atoms with Gasteiger partial charge in [0, 0.05) is 11.9 Å². The normalized spacial score (nSPS) is 10.9. The minimum absolute atomic E-state index is 0.581. The fourth-order valence-corrected chi connectivity index (χ4v) is 1.67. The maximum atomic E-state index is 11.9. The summed E-state index contributed by atoms with van der Waals surface area (Å²) in [5.41, 5.74) is -0.124. The van der Waals surface area contributed by atoms with E-state index in [9.17, 15) is 13.2 Å². The average molecular weight is 289 g/mol. The van der Waals surface area contributed by atoms with Crippen molar-refractivity contribution in [1.29, 1.82) is 0 Å². The summed E-state index contributed by atoms with van der Waals surface area (Å²) in [4.78, 5) is 3.53. The third-order valence-electron chi connectivity index (χ3n) is 2.95. The molecule has 1 nitrogen and oxygen atoms in total. The first kappa shape index (κ1) is 18.9. The Morgan fingerprint density at radius 1 is 0.900 bits per heavy atom. The van der Waals surface area contributed by atoms with Crippen molar-refractivity contribution >= 4 is 0 Å². The summed E-state index contributed by atoms with van der Waals surface area (Å²) < 4.78 is 35.6. The summed E-state index contributed by atoms with van der Waals surface area (Å²) in [6.45, 7) is 6.17. The van der Waals surface area contributed by atoms with Crippen molar-refractivity contribution in [3.8, 4) is 0 Å². The molecule has 1 heterocycles. The number of unbranched alkanes of at least 4 members (excludes halogenated alkanes) is 6. The van der Waals surface area contributed by atoms with Gasteiger partial charge in [0.25, 0.3) is 0 Å². The van der Waals surface area contributed by atoms with Gasteiger partial charge in [0.15, 0.2) is 0 Å². The van der Waals surface area contributed by atoms with Crippen molar-refractivity contribution in [2.75, 3.05) is 0 Å². The van der Waals surface area contributed by atoms with Gasteiger partial charge in [-0.1, -0.05) is 58.8 Å². The molecule has 0 amide bonds. The van der Waals surface area contributed by atoms with Crippen molar-refractivity contribution in [2.45, 2.75) is 71.9 Å². The van der Waals surface area contributed by atoms with Gasteiger partial charge in [0.1, 0.15) is 0 Å².